The number of sulfone groups is 1. The lowest BCUT2D eigenvalue weighted by Gasteiger charge is -2.07. The van der Waals surface area contributed by atoms with E-state index in [1.165, 1.54) is 25.3 Å². The van der Waals surface area contributed by atoms with E-state index < -0.39 is 15.7 Å². The second kappa shape index (κ2) is 8.03. The molecule has 1 amide bonds. The average Bonchev–Trinajstić information content (AvgIpc) is 3.08. The van der Waals surface area contributed by atoms with Gasteiger partial charge in [-0.1, -0.05) is 41.1 Å². The smallest absolute Gasteiger partial charge is 0.261 e. The zero-order valence-electron chi connectivity index (χ0n) is 14.0. The molecule has 0 aliphatic rings. The van der Waals surface area contributed by atoms with Crippen LogP contribution in [0.1, 0.15) is 15.4 Å². The molecule has 7 nitrogen and oxygen atoms in total. The molecule has 1 heterocycles. The van der Waals surface area contributed by atoms with Gasteiger partial charge in [0.15, 0.2) is 9.84 Å². The highest BCUT2D eigenvalue weighted by Gasteiger charge is 2.20. The van der Waals surface area contributed by atoms with Crippen molar-refractivity contribution in [2.24, 2.45) is 0 Å². The molecule has 2 aromatic carbocycles. The van der Waals surface area contributed by atoms with E-state index >= 15 is 0 Å². The second-order valence-corrected chi connectivity index (χ2v) is 8.86. The van der Waals surface area contributed by atoms with Gasteiger partial charge in [-0.15, -0.1) is 10.2 Å². The standard InChI is InChI=1S/C17H14ClN3O4S2/c1-25-14-8-7-11(18)9-13(14)16(22)19-17-21-20-15(26-17)10-27(23,24)12-5-3-2-4-6-12/h2-9H,10H2,1H3,(H,19,21,22). The predicted octanol–water partition coefficient (Wildman–Crippen LogP) is 3.43. The maximum Gasteiger partial charge on any atom is 0.261 e. The summed E-state index contributed by atoms with van der Waals surface area (Å²) in [5.74, 6) is -0.429. The Bertz CT molecular complexity index is 1070. The van der Waals surface area contributed by atoms with Crippen LogP contribution >= 0.6 is 22.9 Å². The van der Waals surface area contributed by atoms with Crippen molar-refractivity contribution in [3.8, 4) is 5.75 Å². The Kier molecular flexibility index (Phi) is 5.73. The van der Waals surface area contributed by atoms with Crippen LogP contribution in [-0.2, 0) is 15.6 Å². The molecule has 3 rings (SSSR count). The van der Waals surface area contributed by atoms with E-state index in [4.69, 9.17) is 16.3 Å². The lowest BCUT2D eigenvalue weighted by Crippen LogP contribution is -2.13. The molecule has 0 spiro atoms. The van der Waals surface area contributed by atoms with Gasteiger partial charge in [0.2, 0.25) is 5.13 Å². The molecule has 0 bridgehead atoms. The number of nitrogens with zero attached hydrogens (tertiary/aromatic N) is 2. The summed E-state index contributed by atoms with van der Waals surface area (Å²) in [6, 6.07) is 12.7. The number of halogens is 1. The third-order valence-electron chi connectivity index (χ3n) is 3.51. The molecular formula is C17H14ClN3O4S2. The van der Waals surface area contributed by atoms with Gasteiger partial charge in [-0.2, -0.15) is 0 Å². The molecule has 27 heavy (non-hydrogen) atoms. The van der Waals surface area contributed by atoms with Crippen molar-refractivity contribution < 1.29 is 17.9 Å². The highest BCUT2D eigenvalue weighted by Crippen LogP contribution is 2.25. The molecule has 0 saturated carbocycles. The fourth-order valence-corrected chi connectivity index (χ4v) is 4.78. The van der Waals surface area contributed by atoms with Crippen molar-refractivity contribution in [1.29, 1.82) is 0 Å². The van der Waals surface area contributed by atoms with Gasteiger partial charge < -0.3 is 4.74 Å². The third-order valence-corrected chi connectivity index (χ3v) is 6.41. The van der Waals surface area contributed by atoms with E-state index in [1.807, 2.05) is 0 Å². The number of hydrogen-bond donors (Lipinski definition) is 1. The van der Waals surface area contributed by atoms with Crippen LogP contribution in [0.25, 0.3) is 0 Å². The number of hydrogen-bond acceptors (Lipinski definition) is 7. The first-order chi connectivity index (χ1) is 12.9. The number of carbonyl (C=O) groups excluding carboxylic acids is 1. The van der Waals surface area contributed by atoms with E-state index in [2.05, 4.69) is 15.5 Å². The molecule has 0 aliphatic heterocycles. The van der Waals surface area contributed by atoms with Gasteiger partial charge >= 0.3 is 0 Å². The van der Waals surface area contributed by atoms with Crippen LogP contribution in [0.3, 0.4) is 0 Å². The Morgan fingerprint density at radius 2 is 1.93 bits per heavy atom. The Balaban J connectivity index is 1.75. The van der Waals surface area contributed by atoms with Crippen molar-refractivity contribution in [2.75, 3.05) is 12.4 Å². The van der Waals surface area contributed by atoms with Gasteiger partial charge in [0, 0.05) is 5.02 Å². The summed E-state index contributed by atoms with van der Waals surface area (Å²) in [7, 11) is -2.10. The average molecular weight is 424 g/mol. The zero-order chi connectivity index (χ0) is 19.4. The first-order valence-electron chi connectivity index (χ1n) is 7.64. The second-order valence-electron chi connectivity index (χ2n) is 5.37. The van der Waals surface area contributed by atoms with Crippen molar-refractivity contribution in [3.63, 3.8) is 0 Å². The monoisotopic (exact) mass is 423 g/mol. The number of benzene rings is 2. The molecule has 0 radical (unpaired) electrons. The summed E-state index contributed by atoms with van der Waals surface area (Å²) < 4.78 is 29.9. The highest BCUT2D eigenvalue weighted by atomic mass is 35.5. The molecule has 140 valence electrons. The summed E-state index contributed by atoms with van der Waals surface area (Å²) in [5, 5.41) is 11.1. The Hall–Kier alpha value is -2.49. The Morgan fingerprint density at radius 3 is 2.63 bits per heavy atom. The van der Waals surface area contributed by atoms with Crippen LogP contribution in [0.2, 0.25) is 5.02 Å². The lowest BCUT2D eigenvalue weighted by molar-refractivity contribution is 0.102. The van der Waals surface area contributed by atoms with Gasteiger partial charge in [0.1, 0.15) is 16.5 Å². The van der Waals surface area contributed by atoms with Gasteiger partial charge in [-0.3, -0.25) is 10.1 Å². The fourth-order valence-electron chi connectivity index (χ4n) is 2.26. The minimum absolute atomic E-state index is 0.181. The fraction of sp³-hybridized carbons (Fsp3) is 0.118. The molecule has 1 N–H and O–H groups in total. The van der Waals surface area contributed by atoms with E-state index in [0.717, 1.165) is 11.3 Å². The minimum atomic E-state index is -3.54. The van der Waals surface area contributed by atoms with Crippen LogP contribution in [0, 0.1) is 0 Å². The molecular weight excluding hydrogens is 410 g/mol. The number of amides is 1. The number of methoxy groups -OCH3 is 1. The SMILES string of the molecule is COc1ccc(Cl)cc1C(=O)Nc1nnc(CS(=O)(=O)c2ccccc2)s1. The number of ether oxygens (including phenoxy) is 1. The maximum absolute atomic E-state index is 12.4. The Labute approximate surface area is 164 Å². The molecule has 0 unspecified atom stereocenters. The molecule has 1 aromatic heterocycles. The first-order valence-corrected chi connectivity index (χ1v) is 10.5. The van der Waals surface area contributed by atoms with Gasteiger partial charge in [-0.05, 0) is 30.3 Å². The van der Waals surface area contributed by atoms with Crippen molar-refractivity contribution in [2.45, 2.75) is 10.6 Å². The van der Waals surface area contributed by atoms with Crippen molar-refractivity contribution >= 4 is 43.8 Å². The van der Waals surface area contributed by atoms with E-state index in [1.54, 1.807) is 30.3 Å². The predicted molar refractivity (Wildman–Crippen MR) is 103 cm³/mol. The molecule has 10 heteroatoms. The Morgan fingerprint density at radius 1 is 1.19 bits per heavy atom. The number of carbonyl (C=O) groups is 1. The van der Waals surface area contributed by atoms with E-state index in [-0.39, 0.29) is 26.4 Å². The first kappa shape index (κ1) is 19.3. The molecule has 0 fully saturated rings. The quantitative estimate of drug-likeness (QED) is 0.652. The van der Waals surface area contributed by atoms with Crippen LogP contribution in [0.4, 0.5) is 5.13 Å². The molecule has 0 saturated heterocycles. The molecule has 0 aliphatic carbocycles. The topological polar surface area (TPSA) is 98.2 Å². The van der Waals surface area contributed by atoms with Crippen LogP contribution in [0.15, 0.2) is 53.4 Å². The summed E-state index contributed by atoms with van der Waals surface area (Å²) >= 11 is 6.92. The van der Waals surface area contributed by atoms with Gasteiger partial charge in [0.05, 0.1) is 17.6 Å². The third kappa shape index (κ3) is 4.62. The van der Waals surface area contributed by atoms with E-state index in [0.29, 0.717) is 10.8 Å². The van der Waals surface area contributed by atoms with Crippen LogP contribution in [0.5, 0.6) is 5.75 Å². The van der Waals surface area contributed by atoms with Gasteiger partial charge in [0.25, 0.3) is 5.91 Å². The zero-order valence-corrected chi connectivity index (χ0v) is 16.4. The highest BCUT2D eigenvalue weighted by molar-refractivity contribution is 7.90. The number of anilines is 1. The summed E-state index contributed by atoms with van der Waals surface area (Å²) in [6.45, 7) is 0. The number of nitrogens with one attached hydrogen (secondary N) is 1. The summed E-state index contributed by atoms with van der Waals surface area (Å²) in [4.78, 5) is 12.6. The minimum Gasteiger partial charge on any atom is -0.496 e. The normalized spacial score (nSPS) is 11.2. The summed E-state index contributed by atoms with van der Waals surface area (Å²) in [5.41, 5.74) is 0.235. The largest absolute Gasteiger partial charge is 0.496 e. The lowest BCUT2D eigenvalue weighted by atomic mass is 10.2. The van der Waals surface area contributed by atoms with Crippen molar-refractivity contribution in [1.82, 2.24) is 10.2 Å². The van der Waals surface area contributed by atoms with Gasteiger partial charge in [-0.25, -0.2) is 8.42 Å². The molecule has 3 aromatic rings. The van der Waals surface area contributed by atoms with Crippen LogP contribution < -0.4 is 10.1 Å². The maximum atomic E-state index is 12.4. The summed E-state index contributed by atoms with van der Waals surface area (Å²) in [6.07, 6.45) is 0. The number of aromatic nitrogens is 2. The van der Waals surface area contributed by atoms with Crippen molar-refractivity contribution in [3.05, 3.63) is 64.1 Å². The number of rotatable bonds is 6. The van der Waals surface area contributed by atoms with Crippen LogP contribution in [-0.4, -0.2) is 31.6 Å². The molecule has 0 atom stereocenters. The van der Waals surface area contributed by atoms with E-state index in [9.17, 15) is 13.2 Å².